The molecule has 0 spiro atoms. The van der Waals surface area contributed by atoms with Crippen LogP contribution in [-0.4, -0.2) is 23.3 Å². The normalized spacial score (nSPS) is 15.7. The molecule has 1 aliphatic heterocycles. The lowest BCUT2D eigenvalue weighted by molar-refractivity contribution is -0.111. The van der Waals surface area contributed by atoms with Gasteiger partial charge >= 0.3 is 0 Å². The van der Waals surface area contributed by atoms with Crippen LogP contribution < -0.4 is 15.4 Å². The predicted octanol–water partition coefficient (Wildman–Crippen LogP) is 5.37. The minimum atomic E-state index is -0.478. The maximum atomic E-state index is 15.3. The minimum absolute atomic E-state index is 0.184. The van der Waals surface area contributed by atoms with Crippen LogP contribution >= 0.6 is 0 Å². The first-order chi connectivity index (χ1) is 18.0. The van der Waals surface area contributed by atoms with E-state index in [1.54, 1.807) is 36.8 Å². The number of anilines is 1. The van der Waals surface area contributed by atoms with Gasteiger partial charge < -0.3 is 15.4 Å². The molecule has 2 aromatic carbocycles. The Balaban J connectivity index is 1.49. The van der Waals surface area contributed by atoms with Crippen LogP contribution in [0.4, 0.5) is 10.1 Å². The molecule has 180 valence electrons. The fourth-order valence-corrected chi connectivity index (χ4v) is 4.10. The van der Waals surface area contributed by atoms with Gasteiger partial charge in [-0.05, 0) is 70.8 Å². The van der Waals surface area contributed by atoms with Gasteiger partial charge in [0.25, 0.3) is 0 Å². The van der Waals surface area contributed by atoms with Gasteiger partial charge in [0.15, 0.2) is 0 Å². The number of carbonyl (C=O) groups is 1. The number of amides is 1. The third-order valence-corrected chi connectivity index (χ3v) is 5.80. The topological polar surface area (TPSA) is 99.4 Å². The van der Waals surface area contributed by atoms with Crippen LogP contribution in [0.2, 0.25) is 0 Å². The van der Waals surface area contributed by atoms with Crippen LogP contribution in [0.25, 0.3) is 11.1 Å². The first-order valence-corrected chi connectivity index (χ1v) is 11.3. The van der Waals surface area contributed by atoms with Crippen molar-refractivity contribution in [2.45, 2.75) is 6.04 Å². The SMILES string of the molecule is C=CC(=O)Nc1cccc(C2=CC(c3ccc(Oc4cc(C#N)ccn4)cc3F)=CC3=CN=CNC32)c1. The number of nitrogens with one attached hydrogen (secondary N) is 2. The smallest absolute Gasteiger partial charge is 0.247 e. The largest absolute Gasteiger partial charge is 0.439 e. The molecule has 5 rings (SSSR count). The van der Waals surface area contributed by atoms with Crippen LogP contribution in [0.5, 0.6) is 11.6 Å². The summed E-state index contributed by atoms with van der Waals surface area (Å²) in [7, 11) is 0. The zero-order valence-corrected chi connectivity index (χ0v) is 19.5. The zero-order chi connectivity index (χ0) is 25.8. The number of fused-ring (bicyclic) bond motifs is 1. The fourth-order valence-electron chi connectivity index (χ4n) is 4.10. The first-order valence-electron chi connectivity index (χ1n) is 11.3. The van der Waals surface area contributed by atoms with Crippen LogP contribution in [0, 0.1) is 17.1 Å². The summed E-state index contributed by atoms with van der Waals surface area (Å²) in [4.78, 5) is 20.1. The highest BCUT2D eigenvalue weighted by Gasteiger charge is 2.26. The zero-order valence-electron chi connectivity index (χ0n) is 19.5. The van der Waals surface area contributed by atoms with Crippen molar-refractivity contribution in [3.63, 3.8) is 0 Å². The minimum Gasteiger partial charge on any atom is -0.439 e. The number of aromatic nitrogens is 1. The van der Waals surface area contributed by atoms with E-state index in [2.05, 4.69) is 27.2 Å². The number of nitriles is 1. The quantitative estimate of drug-likeness (QED) is 0.454. The Labute approximate surface area is 212 Å². The van der Waals surface area contributed by atoms with E-state index < -0.39 is 5.82 Å². The average Bonchev–Trinajstić information content (AvgIpc) is 2.92. The van der Waals surface area contributed by atoms with E-state index in [1.807, 2.05) is 36.4 Å². The van der Waals surface area contributed by atoms with Crippen molar-refractivity contribution in [1.29, 1.82) is 5.26 Å². The Bertz CT molecular complexity index is 1580. The molecule has 0 radical (unpaired) electrons. The summed E-state index contributed by atoms with van der Waals surface area (Å²) in [6.45, 7) is 3.49. The number of ether oxygens (including phenoxy) is 1. The van der Waals surface area contributed by atoms with Gasteiger partial charge in [-0.15, -0.1) is 0 Å². The van der Waals surface area contributed by atoms with Crippen LogP contribution in [0.1, 0.15) is 16.7 Å². The van der Waals surface area contributed by atoms with Crippen LogP contribution in [0.15, 0.2) is 102 Å². The summed E-state index contributed by atoms with van der Waals surface area (Å²) in [5.74, 6) is -0.323. The highest BCUT2D eigenvalue weighted by Crippen LogP contribution is 2.37. The van der Waals surface area contributed by atoms with Gasteiger partial charge in [0.05, 0.1) is 24.0 Å². The number of halogens is 1. The van der Waals surface area contributed by atoms with E-state index >= 15 is 4.39 Å². The highest BCUT2D eigenvalue weighted by atomic mass is 19.1. The molecule has 8 heteroatoms. The molecule has 2 aliphatic rings. The second-order valence-corrected chi connectivity index (χ2v) is 8.22. The maximum Gasteiger partial charge on any atom is 0.247 e. The van der Waals surface area contributed by atoms with Crippen molar-refractivity contribution in [1.82, 2.24) is 10.3 Å². The third-order valence-electron chi connectivity index (χ3n) is 5.80. The van der Waals surface area contributed by atoms with Crippen molar-refractivity contribution >= 4 is 29.1 Å². The van der Waals surface area contributed by atoms with E-state index in [4.69, 9.17) is 10.00 Å². The molecule has 1 atom stereocenters. The molecule has 1 amide bonds. The molecular weight excluding hydrogens is 469 g/mol. The van der Waals surface area contributed by atoms with E-state index in [-0.39, 0.29) is 23.6 Å². The first kappa shape index (κ1) is 23.5. The van der Waals surface area contributed by atoms with Crippen LogP contribution in [0.3, 0.4) is 0 Å². The summed E-state index contributed by atoms with van der Waals surface area (Å²) in [5, 5.41) is 15.1. The van der Waals surface area contributed by atoms with E-state index in [0.717, 1.165) is 16.7 Å². The highest BCUT2D eigenvalue weighted by molar-refractivity contribution is 5.99. The molecule has 7 nitrogen and oxygen atoms in total. The fraction of sp³-hybridized carbons (Fsp3) is 0.0345. The van der Waals surface area contributed by atoms with Crippen molar-refractivity contribution in [2.75, 3.05) is 5.32 Å². The van der Waals surface area contributed by atoms with E-state index in [0.29, 0.717) is 22.4 Å². The lowest BCUT2D eigenvalue weighted by Gasteiger charge is -2.29. The molecule has 1 aromatic heterocycles. The van der Waals surface area contributed by atoms with Gasteiger partial charge in [-0.1, -0.05) is 18.7 Å². The molecule has 0 saturated carbocycles. The molecule has 3 aromatic rings. The Morgan fingerprint density at radius 3 is 2.89 bits per heavy atom. The van der Waals surface area contributed by atoms with Gasteiger partial charge in [-0.2, -0.15) is 5.26 Å². The van der Waals surface area contributed by atoms with Crippen molar-refractivity contribution in [3.8, 4) is 17.7 Å². The Kier molecular flexibility index (Phi) is 6.43. The average molecular weight is 490 g/mol. The number of benzene rings is 2. The monoisotopic (exact) mass is 489 g/mol. The second kappa shape index (κ2) is 10.1. The Hall–Kier alpha value is -5.29. The van der Waals surface area contributed by atoms with Gasteiger partial charge in [-0.3, -0.25) is 4.79 Å². The van der Waals surface area contributed by atoms with Gasteiger partial charge in [0.2, 0.25) is 11.8 Å². The number of rotatable bonds is 6. The maximum absolute atomic E-state index is 15.3. The molecule has 1 unspecified atom stereocenters. The Morgan fingerprint density at radius 2 is 2.08 bits per heavy atom. The number of aliphatic imine (C=N–C) groups is 1. The van der Waals surface area contributed by atoms with Gasteiger partial charge in [0, 0.05) is 35.8 Å². The summed E-state index contributed by atoms with van der Waals surface area (Å²) in [5.41, 5.74) is 4.67. The van der Waals surface area contributed by atoms with Crippen LogP contribution in [-0.2, 0) is 4.79 Å². The summed E-state index contributed by atoms with van der Waals surface area (Å²) in [6, 6.07) is 16.9. The Morgan fingerprint density at radius 1 is 1.19 bits per heavy atom. The summed E-state index contributed by atoms with van der Waals surface area (Å²) >= 11 is 0. The number of carbonyl (C=O) groups excluding carboxylic acids is 1. The number of hydrogen-bond acceptors (Lipinski definition) is 6. The van der Waals surface area contributed by atoms with Gasteiger partial charge in [-0.25, -0.2) is 14.4 Å². The van der Waals surface area contributed by atoms with E-state index in [9.17, 15) is 4.79 Å². The molecule has 2 heterocycles. The molecule has 0 saturated heterocycles. The standard InChI is InChI=1S/C29H20FN5O2/c1-2-27(36)35-22-5-3-4-19(12-22)25-13-20(11-21-16-32-17-34-29(21)25)24-7-6-23(14-26(24)30)37-28-10-18(15-31)8-9-33-28/h2-14,16-17,29H,1H2,(H,32,34)(H,35,36). The van der Waals surface area contributed by atoms with Gasteiger partial charge in [0.1, 0.15) is 11.6 Å². The number of pyridine rings is 1. The van der Waals surface area contributed by atoms with Crippen molar-refractivity contribution in [3.05, 3.63) is 120 Å². The summed E-state index contributed by atoms with van der Waals surface area (Å²) < 4.78 is 21.0. The lowest BCUT2D eigenvalue weighted by atomic mass is 9.84. The lowest BCUT2D eigenvalue weighted by Crippen LogP contribution is -2.34. The molecular formula is C29H20FN5O2. The second-order valence-electron chi connectivity index (χ2n) is 8.22. The van der Waals surface area contributed by atoms with E-state index in [1.165, 1.54) is 24.4 Å². The molecule has 1 aliphatic carbocycles. The number of allylic oxidation sites excluding steroid dienone is 2. The number of nitrogens with zero attached hydrogens (tertiary/aromatic N) is 3. The third kappa shape index (κ3) is 5.06. The van der Waals surface area contributed by atoms with Crippen molar-refractivity contribution in [2.24, 2.45) is 4.99 Å². The predicted molar refractivity (Wildman–Crippen MR) is 140 cm³/mol. The molecule has 0 bridgehead atoms. The molecule has 37 heavy (non-hydrogen) atoms. The summed E-state index contributed by atoms with van der Waals surface area (Å²) in [6.07, 6.45) is 9.82. The molecule has 2 N–H and O–H groups in total. The molecule has 0 fully saturated rings. The number of hydrogen-bond donors (Lipinski definition) is 2. The van der Waals surface area contributed by atoms with Crippen molar-refractivity contribution < 1.29 is 13.9 Å².